The Morgan fingerprint density at radius 1 is 1.21 bits per heavy atom. The lowest BCUT2D eigenvalue weighted by atomic mass is 10.3. The van der Waals surface area contributed by atoms with Crippen LogP contribution in [0.1, 0.15) is 18.4 Å². The number of amides is 2. The maximum absolute atomic E-state index is 12.0. The van der Waals surface area contributed by atoms with Crippen LogP contribution >= 0.6 is 0 Å². The van der Waals surface area contributed by atoms with Crippen LogP contribution in [0.3, 0.4) is 0 Å². The van der Waals surface area contributed by atoms with Crippen molar-refractivity contribution in [3.63, 3.8) is 0 Å². The van der Waals surface area contributed by atoms with E-state index in [4.69, 9.17) is 4.74 Å². The Morgan fingerprint density at radius 3 is 2.54 bits per heavy atom. The summed E-state index contributed by atoms with van der Waals surface area (Å²) in [5.41, 5.74) is 1.55. The number of urea groups is 1. The van der Waals surface area contributed by atoms with Crippen LogP contribution in [-0.4, -0.2) is 36.7 Å². The minimum absolute atomic E-state index is 0.255. The molecule has 2 amide bonds. The molecular formula is C17H23N5O2. The summed E-state index contributed by atoms with van der Waals surface area (Å²) in [6, 6.07) is 8.79. The highest BCUT2D eigenvalue weighted by Gasteiger charge is 2.07. The van der Waals surface area contributed by atoms with Crippen molar-refractivity contribution in [3.05, 3.63) is 41.9 Å². The van der Waals surface area contributed by atoms with E-state index >= 15 is 0 Å². The number of aryl methyl sites for hydroxylation is 1. The van der Waals surface area contributed by atoms with Crippen molar-refractivity contribution in [3.8, 4) is 5.75 Å². The van der Waals surface area contributed by atoms with Gasteiger partial charge in [0.15, 0.2) is 0 Å². The predicted molar refractivity (Wildman–Crippen MR) is 94.6 cm³/mol. The summed E-state index contributed by atoms with van der Waals surface area (Å²) in [6.07, 6.45) is 0. The number of hydrogen-bond donors (Lipinski definition) is 2. The highest BCUT2D eigenvalue weighted by Crippen LogP contribution is 2.15. The number of rotatable bonds is 6. The van der Waals surface area contributed by atoms with Crippen molar-refractivity contribution >= 4 is 17.5 Å². The van der Waals surface area contributed by atoms with Crippen molar-refractivity contribution < 1.29 is 9.53 Å². The normalized spacial score (nSPS) is 10.2. The molecule has 7 nitrogen and oxygen atoms in total. The van der Waals surface area contributed by atoms with Crippen LogP contribution in [-0.2, 0) is 6.54 Å². The summed E-state index contributed by atoms with van der Waals surface area (Å²) in [5.74, 6) is 2.15. The average Bonchev–Trinajstić information content (AvgIpc) is 2.54. The molecule has 0 radical (unpaired) electrons. The van der Waals surface area contributed by atoms with Gasteiger partial charge < -0.3 is 20.3 Å². The fraction of sp³-hybridized carbons (Fsp3) is 0.353. The van der Waals surface area contributed by atoms with Gasteiger partial charge in [-0.05, 0) is 38.1 Å². The molecule has 7 heteroatoms. The Bertz CT molecular complexity index is 686. The Hall–Kier alpha value is -2.83. The summed E-state index contributed by atoms with van der Waals surface area (Å²) in [4.78, 5) is 22.6. The van der Waals surface area contributed by atoms with Gasteiger partial charge in [-0.2, -0.15) is 0 Å². The Morgan fingerprint density at radius 2 is 1.92 bits per heavy atom. The van der Waals surface area contributed by atoms with E-state index in [1.807, 2.05) is 51.0 Å². The monoisotopic (exact) mass is 329 g/mol. The van der Waals surface area contributed by atoms with Crippen LogP contribution in [0.4, 0.5) is 16.3 Å². The second-order valence-electron chi connectivity index (χ2n) is 5.44. The van der Waals surface area contributed by atoms with Crippen LogP contribution in [0.2, 0.25) is 0 Å². The largest absolute Gasteiger partial charge is 0.494 e. The number of nitrogens with one attached hydrogen (secondary N) is 2. The molecule has 1 aromatic heterocycles. The average molecular weight is 329 g/mol. The Kier molecular flexibility index (Phi) is 5.95. The number of hydrogen-bond acceptors (Lipinski definition) is 5. The van der Waals surface area contributed by atoms with E-state index < -0.39 is 0 Å². The van der Waals surface area contributed by atoms with E-state index in [0.717, 1.165) is 17.3 Å². The lowest BCUT2D eigenvalue weighted by Crippen LogP contribution is -2.29. The zero-order valence-corrected chi connectivity index (χ0v) is 14.5. The lowest BCUT2D eigenvalue weighted by molar-refractivity contribution is 0.251. The fourth-order valence-corrected chi connectivity index (χ4v) is 2.06. The third kappa shape index (κ3) is 5.12. The second kappa shape index (κ2) is 8.14. The molecule has 2 aromatic rings. The van der Waals surface area contributed by atoms with Crippen molar-refractivity contribution in [2.45, 2.75) is 20.4 Å². The summed E-state index contributed by atoms with van der Waals surface area (Å²) < 4.78 is 5.36. The van der Waals surface area contributed by atoms with Crippen molar-refractivity contribution in [1.82, 2.24) is 15.3 Å². The van der Waals surface area contributed by atoms with Gasteiger partial charge in [0.1, 0.15) is 17.4 Å². The molecule has 0 spiro atoms. The van der Waals surface area contributed by atoms with Crippen molar-refractivity contribution in [2.75, 3.05) is 30.9 Å². The Balaban J connectivity index is 1.91. The third-order valence-electron chi connectivity index (χ3n) is 3.18. The van der Waals surface area contributed by atoms with Gasteiger partial charge in [-0.3, -0.25) is 0 Å². The number of nitrogens with zero attached hydrogens (tertiary/aromatic N) is 3. The van der Waals surface area contributed by atoms with E-state index in [-0.39, 0.29) is 12.6 Å². The van der Waals surface area contributed by atoms with Gasteiger partial charge in [-0.1, -0.05) is 0 Å². The molecule has 0 atom stereocenters. The number of ether oxygens (including phenoxy) is 1. The van der Waals surface area contributed by atoms with E-state index in [9.17, 15) is 4.79 Å². The van der Waals surface area contributed by atoms with Crippen LogP contribution in [0, 0.1) is 6.92 Å². The first-order valence-corrected chi connectivity index (χ1v) is 7.77. The summed E-state index contributed by atoms with van der Waals surface area (Å²) in [7, 11) is 3.83. The zero-order valence-electron chi connectivity index (χ0n) is 14.5. The van der Waals surface area contributed by atoms with E-state index in [2.05, 4.69) is 20.6 Å². The highest BCUT2D eigenvalue weighted by atomic mass is 16.5. The van der Waals surface area contributed by atoms with Crippen LogP contribution in [0.5, 0.6) is 5.75 Å². The fourth-order valence-electron chi connectivity index (χ4n) is 2.06. The number of carbonyl (C=O) groups excluding carboxylic acids is 1. The zero-order chi connectivity index (χ0) is 17.5. The first kappa shape index (κ1) is 17.5. The maximum atomic E-state index is 12.0. The Labute approximate surface area is 142 Å². The number of carbonyl (C=O) groups is 1. The number of anilines is 2. The maximum Gasteiger partial charge on any atom is 0.319 e. The van der Waals surface area contributed by atoms with Crippen LogP contribution in [0.15, 0.2) is 30.3 Å². The molecule has 0 aliphatic heterocycles. The van der Waals surface area contributed by atoms with E-state index in [1.54, 1.807) is 12.1 Å². The van der Waals surface area contributed by atoms with E-state index in [0.29, 0.717) is 18.1 Å². The SMILES string of the molecule is CCOc1ccc(NC(=O)NCc2nc(C)cc(N(C)C)n2)cc1. The quantitative estimate of drug-likeness (QED) is 0.851. The molecule has 0 unspecified atom stereocenters. The van der Waals surface area contributed by atoms with Gasteiger partial charge in [0.2, 0.25) is 0 Å². The van der Waals surface area contributed by atoms with Gasteiger partial charge in [-0.15, -0.1) is 0 Å². The summed E-state index contributed by atoms with van der Waals surface area (Å²) in [6.45, 7) is 4.69. The predicted octanol–water partition coefficient (Wildman–Crippen LogP) is 2.57. The molecule has 128 valence electrons. The van der Waals surface area contributed by atoms with Gasteiger partial charge in [0.25, 0.3) is 0 Å². The minimum Gasteiger partial charge on any atom is -0.494 e. The molecule has 1 heterocycles. The third-order valence-corrected chi connectivity index (χ3v) is 3.18. The smallest absolute Gasteiger partial charge is 0.319 e. The molecule has 1 aromatic carbocycles. The molecular weight excluding hydrogens is 306 g/mol. The number of benzene rings is 1. The molecule has 0 saturated carbocycles. The molecule has 0 aliphatic rings. The topological polar surface area (TPSA) is 79.4 Å². The standard InChI is InChI=1S/C17H23N5O2/c1-5-24-14-8-6-13(7-9-14)20-17(23)18-11-15-19-12(2)10-16(21-15)22(3)4/h6-10H,5,11H2,1-4H3,(H2,18,20,23). The molecule has 2 N–H and O–H groups in total. The molecule has 24 heavy (non-hydrogen) atoms. The summed E-state index contributed by atoms with van der Waals surface area (Å²) >= 11 is 0. The number of aromatic nitrogens is 2. The second-order valence-corrected chi connectivity index (χ2v) is 5.44. The van der Waals surface area contributed by atoms with Gasteiger partial charge in [0, 0.05) is 31.5 Å². The van der Waals surface area contributed by atoms with Crippen molar-refractivity contribution in [2.24, 2.45) is 0 Å². The van der Waals surface area contributed by atoms with Gasteiger partial charge in [0.05, 0.1) is 13.2 Å². The molecule has 0 aliphatic carbocycles. The van der Waals surface area contributed by atoms with Gasteiger partial charge >= 0.3 is 6.03 Å². The molecule has 0 saturated heterocycles. The summed E-state index contributed by atoms with van der Waals surface area (Å²) in [5, 5.41) is 5.52. The van der Waals surface area contributed by atoms with E-state index in [1.165, 1.54) is 0 Å². The highest BCUT2D eigenvalue weighted by molar-refractivity contribution is 5.89. The lowest BCUT2D eigenvalue weighted by Gasteiger charge is -2.13. The van der Waals surface area contributed by atoms with Crippen LogP contribution < -0.4 is 20.3 Å². The van der Waals surface area contributed by atoms with Crippen molar-refractivity contribution in [1.29, 1.82) is 0 Å². The minimum atomic E-state index is -0.310. The molecule has 0 bridgehead atoms. The molecule has 2 rings (SSSR count). The van der Waals surface area contributed by atoms with Gasteiger partial charge in [-0.25, -0.2) is 14.8 Å². The first-order chi connectivity index (χ1) is 11.5. The van der Waals surface area contributed by atoms with Crippen LogP contribution in [0.25, 0.3) is 0 Å². The first-order valence-electron chi connectivity index (χ1n) is 7.77. The molecule has 0 fully saturated rings.